The molecule has 0 saturated carbocycles. The largest absolute Gasteiger partial charge is 0.382 e. The predicted octanol–water partition coefficient (Wildman–Crippen LogP) is 6.30. The highest BCUT2D eigenvalue weighted by molar-refractivity contribution is 5.75. The number of amides is 1. The van der Waals surface area contributed by atoms with Crippen molar-refractivity contribution >= 4 is 5.91 Å². The molecule has 1 amide bonds. The van der Waals surface area contributed by atoms with Gasteiger partial charge >= 0.3 is 0 Å². The number of rotatable bonds is 14. The second kappa shape index (κ2) is 56.6. The molecule has 1 atom stereocenters. The van der Waals surface area contributed by atoms with E-state index < -0.39 is 0 Å². The van der Waals surface area contributed by atoms with Gasteiger partial charge in [-0.1, -0.05) is 80.2 Å². The van der Waals surface area contributed by atoms with E-state index in [2.05, 4.69) is 5.32 Å². The molecule has 0 spiro atoms. The van der Waals surface area contributed by atoms with Gasteiger partial charge in [-0.05, 0) is 0 Å². The van der Waals surface area contributed by atoms with Gasteiger partial charge in [0.1, 0.15) is 12.8 Å². The summed E-state index contributed by atoms with van der Waals surface area (Å²) in [6, 6.07) is 0. The first kappa shape index (κ1) is 63.0. The summed E-state index contributed by atoms with van der Waals surface area (Å²) in [5.41, 5.74) is 0. The van der Waals surface area contributed by atoms with Crippen molar-refractivity contribution in [2.75, 3.05) is 60.6 Å². The Labute approximate surface area is 193 Å². The van der Waals surface area contributed by atoms with Gasteiger partial charge in [-0.15, -0.1) is 0 Å². The maximum absolute atomic E-state index is 11.0. The standard InChI is InChI=1S/C13H27NO6.C2H6.8CH4/c1-4-13(15)14-11-19-10-12(20-8-6-17-3)9-18-7-5-16-2;1-2;;;;;;;;/h12H,4-11H2,1-3H3,(H,14,15);1-2H3;8*1H4. The summed E-state index contributed by atoms with van der Waals surface area (Å²) in [4.78, 5) is 11.0. The number of carbonyl (C=O) groups is 1. The van der Waals surface area contributed by atoms with Crippen LogP contribution in [0.4, 0.5) is 0 Å². The molecule has 0 aliphatic heterocycles. The molecule has 0 saturated heterocycles. The smallest absolute Gasteiger partial charge is 0.221 e. The fourth-order valence-electron chi connectivity index (χ4n) is 1.25. The lowest BCUT2D eigenvalue weighted by molar-refractivity contribution is -0.123. The molecular weight excluding hydrogens is 386 g/mol. The highest BCUT2D eigenvalue weighted by Crippen LogP contribution is 1.96. The van der Waals surface area contributed by atoms with E-state index >= 15 is 0 Å². The van der Waals surface area contributed by atoms with E-state index in [-0.39, 0.29) is 78.2 Å². The van der Waals surface area contributed by atoms with Gasteiger partial charge in [0.05, 0.1) is 39.6 Å². The molecule has 1 N–H and O–H groups in total. The van der Waals surface area contributed by atoms with Crippen LogP contribution in [0, 0.1) is 0 Å². The van der Waals surface area contributed by atoms with E-state index in [0.29, 0.717) is 46.1 Å². The molecule has 0 aliphatic carbocycles. The molecule has 0 heterocycles. The molecule has 30 heavy (non-hydrogen) atoms. The van der Waals surface area contributed by atoms with Crippen molar-refractivity contribution in [2.24, 2.45) is 0 Å². The van der Waals surface area contributed by atoms with Crippen molar-refractivity contribution in [1.82, 2.24) is 5.32 Å². The molecule has 7 nitrogen and oxygen atoms in total. The fraction of sp³-hybridized carbons (Fsp3) is 0.957. The fourth-order valence-corrected chi connectivity index (χ4v) is 1.25. The maximum Gasteiger partial charge on any atom is 0.221 e. The van der Waals surface area contributed by atoms with Gasteiger partial charge in [-0.2, -0.15) is 0 Å². The van der Waals surface area contributed by atoms with E-state index in [4.69, 9.17) is 23.7 Å². The quantitative estimate of drug-likeness (QED) is 0.247. The van der Waals surface area contributed by atoms with E-state index in [1.165, 1.54) is 0 Å². The Bertz CT molecular complexity index is 232. The molecular formula is C23H65NO6. The first-order chi connectivity index (χ1) is 10.7. The molecule has 0 aromatic carbocycles. The maximum atomic E-state index is 11.0. The molecule has 0 aromatic rings. The highest BCUT2D eigenvalue weighted by Gasteiger charge is 2.10. The van der Waals surface area contributed by atoms with Crippen LogP contribution >= 0.6 is 0 Å². The number of ether oxygens (including phenoxy) is 5. The van der Waals surface area contributed by atoms with Crippen LogP contribution in [0.1, 0.15) is 86.6 Å². The summed E-state index contributed by atoms with van der Waals surface area (Å²) in [5, 5.41) is 2.63. The Kier molecular flexibility index (Phi) is 119. The number of nitrogens with one attached hydrogen (secondary N) is 1. The highest BCUT2D eigenvalue weighted by atomic mass is 16.6. The Morgan fingerprint density at radius 3 is 1.60 bits per heavy atom. The second-order valence-corrected chi connectivity index (χ2v) is 4.02. The molecule has 0 bridgehead atoms. The van der Waals surface area contributed by atoms with Crippen molar-refractivity contribution in [3.05, 3.63) is 0 Å². The van der Waals surface area contributed by atoms with Crippen molar-refractivity contribution < 1.29 is 28.5 Å². The van der Waals surface area contributed by atoms with Crippen molar-refractivity contribution in [3.63, 3.8) is 0 Å². The summed E-state index contributed by atoms with van der Waals surface area (Å²) >= 11 is 0. The SMILES string of the molecule is C.C.C.C.C.C.C.C.CC.CCC(=O)NCOCC(COCCOC)OCCOC. The summed E-state index contributed by atoms with van der Waals surface area (Å²) in [6.07, 6.45) is 0.248. The summed E-state index contributed by atoms with van der Waals surface area (Å²) in [5.74, 6) is -0.0433. The molecule has 0 aliphatic rings. The van der Waals surface area contributed by atoms with Crippen LogP contribution in [0.3, 0.4) is 0 Å². The van der Waals surface area contributed by atoms with Crippen molar-refractivity contribution in [2.45, 2.75) is 92.7 Å². The zero-order valence-electron chi connectivity index (χ0n) is 14.7. The molecule has 0 radical (unpaired) electrons. The third-order valence-electron chi connectivity index (χ3n) is 2.37. The minimum Gasteiger partial charge on any atom is -0.382 e. The Morgan fingerprint density at radius 1 is 0.733 bits per heavy atom. The minimum absolute atomic E-state index is 0. The molecule has 198 valence electrons. The zero-order chi connectivity index (χ0) is 17.1. The minimum atomic E-state index is -0.194. The van der Waals surface area contributed by atoms with Gasteiger partial charge < -0.3 is 29.0 Å². The van der Waals surface area contributed by atoms with Crippen LogP contribution in [-0.4, -0.2) is 72.6 Å². The second-order valence-electron chi connectivity index (χ2n) is 4.02. The Balaban J connectivity index is -0.0000000484. The number of methoxy groups -OCH3 is 2. The van der Waals surface area contributed by atoms with Crippen LogP contribution in [-0.2, 0) is 28.5 Å². The van der Waals surface area contributed by atoms with Crippen LogP contribution in [0.2, 0.25) is 0 Å². The van der Waals surface area contributed by atoms with Crippen LogP contribution in [0.5, 0.6) is 0 Å². The first-order valence-electron chi connectivity index (χ1n) is 7.76. The van der Waals surface area contributed by atoms with Gasteiger partial charge in [0.15, 0.2) is 0 Å². The summed E-state index contributed by atoms with van der Waals surface area (Å²) in [7, 11) is 3.24. The lowest BCUT2D eigenvalue weighted by Crippen LogP contribution is -2.31. The van der Waals surface area contributed by atoms with E-state index in [0.717, 1.165) is 0 Å². The first-order valence-corrected chi connectivity index (χ1v) is 7.76. The van der Waals surface area contributed by atoms with Crippen LogP contribution in [0.15, 0.2) is 0 Å². The van der Waals surface area contributed by atoms with E-state index in [1.54, 1.807) is 21.1 Å². The van der Waals surface area contributed by atoms with Gasteiger partial charge in [0, 0.05) is 20.6 Å². The molecule has 7 heteroatoms. The normalized spacial score (nSPS) is 8.43. The van der Waals surface area contributed by atoms with Crippen LogP contribution < -0.4 is 5.32 Å². The Morgan fingerprint density at radius 2 is 1.17 bits per heavy atom. The van der Waals surface area contributed by atoms with Gasteiger partial charge in [-0.3, -0.25) is 4.79 Å². The third kappa shape index (κ3) is 50.7. The van der Waals surface area contributed by atoms with E-state index in [1.807, 2.05) is 13.8 Å². The van der Waals surface area contributed by atoms with Gasteiger partial charge in [-0.25, -0.2) is 0 Å². The third-order valence-corrected chi connectivity index (χ3v) is 2.37. The van der Waals surface area contributed by atoms with Gasteiger partial charge in [0.2, 0.25) is 5.91 Å². The molecule has 0 rings (SSSR count). The van der Waals surface area contributed by atoms with E-state index in [9.17, 15) is 4.79 Å². The zero-order valence-corrected chi connectivity index (χ0v) is 14.7. The number of carbonyl (C=O) groups excluding carboxylic acids is 1. The molecule has 0 fully saturated rings. The molecule has 0 aromatic heterocycles. The lowest BCUT2D eigenvalue weighted by atomic mass is 10.4. The average molecular weight is 452 g/mol. The predicted molar refractivity (Wildman–Crippen MR) is 139 cm³/mol. The topological polar surface area (TPSA) is 75.3 Å². The summed E-state index contributed by atoms with van der Waals surface area (Å²) < 4.78 is 26.1. The lowest BCUT2D eigenvalue weighted by Gasteiger charge is -2.18. The van der Waals surface area contributed by atoms with Crippen LogP contribution in [0.25, 0.3) is 0 Å². The average Bonchev–Trinajstić information content (AvgIpc) is 2.56. The Hall–Kier alpha value is -0.730. The van der Waals surface area contributed by atoms with Gasteiger partial charge in [0.25, 0.3) is 0 Å². The monoisotopic (exact) mass is 451 g/mol. The van der Waals surface area contributed by atoms with Crippen molar-refractivity contribution in [1.29, 1.82) is 0 Å². The number of hydrogen-bond acceptors (Lipinski definition) is 6. The van der Waals surface area contributed by atoms with Crippen molar-refractivity contribution in [3.8, 4) is 0 Å². The summed E-state index contributed by atoms with van der Waals surface area (Å²) in [6.45, 7) is 8.76. The number of hydrogen-bond donors (Lipinski definition) is 1. The molecule has 1 unspecified atom stereocenters.